The average Bonchev–Trinajstić information content (AvgIpc) is 2.47. The fourth-order valence-electron chi connectivity index (χ4n) is 2.68. The Kier molecular flexibility index (Phi) is 4.75. The van der Waals surface area contributed by atoms with Gasteiger partial charge in [0, 0.05) is 19.9 Å². The van der Waals surface area contributed by atoms with Gasteiger partial charge in [0.2, 0.25) is 0 Å². The first-order valence-corrected chi connectivity index (χ1v) is 7.33. The molecule has 0 amide bonds. The van der Waals surface area contributed by atoms with Crippen molar-refractivity contribution in [2.24, 2.45) is 5.92 Å². The van der Waals surface area contributed by atoms with E-state index in [0.29, 0.717) is 0 Å². The molecular weight excluding hydrogens is 238 g/mol. The summed E-state index contributed by atoms with van der Waals surface area (Å²) in [6.07, 6.45) is 7.32. The van der Waals surface area contributed by atoms with E-state index >= 15 is 0 Å². The number of hydrogen-bond donors (Lipinski definition) is 1. The lowest BCUT2D eigenvalue weighted by atomic mass is 9.79. The molecule has 0 unspecified atom stereocenters. The van der Waals surface area contributed by atoms with Crippen LogP contribution in [0.5, 0.6) is 0 Å². The van der Waals surface area contributed by atoms with Crippen molar-refractivity contribution in [3.63, 3.8) is 0 Å². The summed E-state index contributed by atoms with van der Waals surface area (Å²) < 4.78 is 5.82. The van der Waals surface area contributed by atoms with Crippen molar-refractivity contribution in [3.05, 3.63) is 18.1 Å². The van der Waals surface area contributed by atoms with Gasteiger partial charge in [-0.2, -0.15) is 0 Å². The summed E-state index contributed by atoms with van der Waals surface area (Å²) in [5, 5.41) is 3.32. The van der Waals surface area contributed by atoms with Crippen LogP contribution in [0, 0.1) is 5.92 Å². The quantitative estimate of drug-likeness (QED) is 0.885. The molecule has 2 rings (SSSR count). The van der Waals surface area contributed by atoms with Crippen molar-refractivity contribution in [1.82, 2.24) is 9.97 Å². The SMILES string of the molecule is CCCNc1ccnc(C2(OC)CCC(C)CC2)n1. The van der Waals surface area contributed by atoms with Gasteiger partial charge < -0.3 is 10.1 Å². The highest BCUT2D eigenvalue weighted by Gasteiger charge is 2.38. The maximum absolute atomic E-state index is 5.82. The predicted molar refractivity (Wildman–Crippen MR) is 77.1 cm³/mol. The second-order valence-electron chi connectivity index (χ2n) is 5.57. The Morgan fingerprint density at radius 2 is 2.16 bits per heavy atom. The number of aromatic nitrogens is 2. The van der Waals surface area contributed by atoms with Gasteiger partial charge in [-0.05, 0) is 44.1 Å². The van der Waals surface area contributed by atoms with Crippen LogP contribution >= 0.6 is 0 Å². The summed E-state index contributed by atoms with van der Waals surface area (Å²) in [7, 11) is 1.78. The molecule has 4 nitrogen and oxygen atoms in total. The molecule has 106 valence electrons. The zero-order valence-electron chi connectivity index (χ0n) is 12.3. The number of nitrogens with zero attached hydrogens (tertiary/aromatic N) is 2. The van der Waals surface area contributed by atoms with E-state index in [9.17, 15) is 0 Å². The Balaban J connectivity index is 2.18. The molecule has 1 aromatic heterocycles. The van der Waals surface area contributed by atoms with Gasteiger partial charge in [-0.3, -0.25) is 0 Å². The summed E-state index contributed by atoms with van der Waals surface area (Å²) in [4.78, 5) is 9.12. The Morgan fingerprint density at radius 1 is 1.42 bits per heavy atom. The third-order valence-corrected chi connectivity index (χ3v) is 4.09. The summed E-state index contributed by atoms with van der Waals surface area (Å²) >= 11 is 0. The molecule has 0 bridgehead atoms. The van der Waals surface area contributed by atoms with Crippen LogP contribution in [0.15, 0.2) is 12.3 Å². The molecule has 0 spiro atoms. The molecule has 19 heavy (non-hydrogen) atoms. The molecule has 1 aliphatic carbocycles. The van der Waals surface area contributed by atoms with Crippen molar-refractivity contribution < 1.29 is 4.74 Å². The fraction of sp³-hybridized carbons (Fsp3) is 0.733. The van der Waals surface area contributed by atoms with E-state index < -0.39 is 0 Å². The van der Waals surface area contributed by atoms with Gasteiger partial charge in [0.1, 0.15) is 11.4 Å². The van der Waals surface area contributed by atoms with E-state index in [1.807, 2.05) is 12.3 Å². The Morgan fingerprint density at radius 3 is 2.79 bits per heavy atom. The van der Waals surface area contributed by atoms with E-state index in [-0.39, 0.29) is 5.60 Å². The van der Waals surface area contributed by atoms with Crippen molar-refractivity contribution in [3.8, 4) is 0 Å². The smallest absolute Gasteiger partial charge is 0.162 e. The lowest BCUT2D eigenvalue weighted by molar-refractivity contribution is -0.0596. The molecule has 0 aliphatic heterocycles. The number of hydrogen-bond acceptors (Lipinski definition) is 4. The molecule has 1 aliphatic rings. The molecule has 0 radical (unpaired) electrons. The molecule has 0 atom stereocenters. The number of ether oxygens (including phenoxy) is 1. The van der Waals surface area contributed by atoms with Crippen LogP contribution in [0.1, 0.15) is 51.8 Å². The summed E-state index contributed by atoms with van der Waals surface area (Å²) in [5.41, 5.74) is -0.281. The minimum Gasteiger partial charge on any atom is -0.370 e. The lowest BCUT2D eigenvalue weighted by Gasteiger charge is -2.36. The molecular formula is C15H25N3O. The highest BCUT2D eigenvalue weighted by atomic mass is 16.5. The zero-order chi connectivity index (χ0) is 13.7. The molecule has 1 N–H and O–H groups in total. The van der Waals surface area contributed by atoms with Gasteiger partial charge in [0.25, 0.3) is 0 Å². The number of nitrogens with one attached hydrogen (secondary N) is 1. The summed E-state index contributed by atoms with van der Waals surface area (Å²) in [6.45, 7) is 5.39. The molecule has 1 fully saturated rings. The van der Waals surface area contributed by atoms with E-state index in [2.05, 4.69) is 29.1 Å². The van der Waals surface area contributed by atoms with Crippen molar-refractivity contribution >= 4 is 5.82 Å². The summed E-state index contributed by atoms with van der Waals surface area (Å²) in [5.74, 6) is 2.52. The molecule has 1 heterocycles. The number of rotatable bonds is 5. The van der Waals surface area contributed by atoms with Gasteiger partial charge in [-0.25, -0.2) is 9.97 Å². The Hall–Kier alpha value is -1.16. The van der Waals surface area contributed by atoms with Gasteiger partial charge >= 0.3 is 0 Å². The highest BCUT2D eigenvalue weighted by molar-refractivity contribution is 5.33. The predicted octanol–water partition coefficient (Wildman–Crippen LogP) is 3.35. The monoisotopic (exact) mass is 263 g/mol. The van der Waals surface area contributed by atoms with E-state index in [1.54, 1.807) is 7.11 Å². The Bertz CT molecular complexity index is 400. The van der Waals surface area contributed by atoms with E-state index in [1.165, 1.54) is 12.8 Å². The Labute approximate surface area is 116 Å². The first-order valence-electron chi connectivity index (χ1n) is 7.33. The summed E-state index contributed by atoms with van der Waals surface area (Å²) in [6, 6.07) is 1.92. The van der Waals surface area contributed by atoms with Crippen LogP contribution < -0.4 is 5.32 Å². The normalized spacial score (nSPS) is 27.2. The van der Waals surface area contributed by atoms with Crippen molar-refractivity contribution in [2.75, 3.05) is 19.0 Å². The lowest BCUT2D eigenvalue weighted by Crippen LogP contribution is -2.35. The maximum atomic E-state index is 5.82. The molecule has 1 saturated carbocycles. The van der Waals surface area contributed by atoms with E-state index in [0.717, 1.165) is 43.4 Å². The second kappa shape index (κ2) is 6.33. The van der Waals surface area contributed by atoms with Crippen LogP contribution in [-0.2, 0) is 10.3 Å². The third-order valence-electron chi connectivity index (χ3n) is 4.09. The first kappa shape index (κ1) is 14.3. The minimum atomic E-state index is -0.281. The molecule has 0 saturated heterocycles. The molecule has 0 aromatic carbocycles. The number of methoxy groups -OCH3 is 1. The first-order chi connectivity index (χ1) is 9.20. The van der Waals surface area contributed by atoms with Crippen LogP contribution in [0.3, 0.4) is 0 Å². The highest BCUT2D eigenvalue weighted by Crippen LogP contribution is 2.40. The van der Waals surface area contributed by atoms with Gasteiger partial charge in [-0.15, -0.1) is 0 Å². The van der Waals surface area contributed by atoms with Crippen LogP contribution in [0.25, 0.3) is 0 Å². The molecule has 4 heteroatoms. The maximum Gasteiger partial charge on any atom is 0.162 e. The van der Waals surface area contributed by atoms with Crippen LogP contribution in [-0.4, -0.2) is 23.6 Å². The van der Waals surface area contributed by atoms with E-state index in [4.69, 9.17) is 4.74 Å². The van der Waals surface area contributed by atoms with Crippen molar-refractivity contribution in [1.29, 1.82) is 0 Å². The topological polar surface area (TPSA) is 47.0 Å². The zero-order valence-corrected chi connectivity index (χ0v) is 12.3. The largest absolute Gasteiger partial charge is 0.370 e. The van der Waals surface area contributed by atoms with Crippen LogP contribution in [0.4, 0.5) is 5.82 Å². The van der Waals surface area contributed by atoms with Gasteiger partial charge in [0.15, 0.2) is 5.82 Å². The standard InChI is InChI=1S/C15H25N3O/c1-4-10-16-13-7-11-17-14(18-13)15(19-3)8-5-12(2)6-9-15/h7,11-12H,4-6,8-10H2,1-3H3,(H,16,17,18). The average molecular weight is 263 g/mol. The van der Waals surface area contributed by atoms with Crippen LogP contribution in [0.2, 0.25) is 0 Å². The number of anilines is 1. The molecule has 1 aromatic rings. The van der Waals surface area contributed by atoms with Crippen molar-refractivity contribution in [2.45, 2.75) is 51.6 Å². The van der Waals surface area contributed by atoms with Gasteiger partial charge in [0.05, 0.1) is 0 Å². The third kappa shape index (κ3) is 3.24. The second-order valence-corrected chi connectivity index (χ2v) is 5.57. The fourth-order valence-corrected chi connectivity index (χ4v) is 2.68. The van der Waals surface area contributed by atoms with Gasteiger partial charge in [-0.1, -0.05) is 13.8 Å². The minimum absolute atomic E-state index is 0.281.